The van der Waals surface area contributed by atoms with Crippen LogP contribution in [0.5, 0.6) is 5.75 Å². The van der Waals surface area contributed by atoms with Crippen LogP contribution in [-0.2, 0) is 32.6 Å². The number of amides is 2. The van der Waals surface area contributed by atoms with Crippen molar-refractivity contribution >= 4 is 43.5 Å². The number of methoxy groups -OCH3 is 1. The van der Waals surface area contributed by atoms with Gasteiger partial charge in [0.15, 0.2) is 0 Å². The summed E-state index contributed by atoms with van der Waals surface area (Å²) in [7, 11) is -2.31. The lowest BCUT2D eigenvalue weighted by Gasteiger charge is -2.33. The van der Waals surface area contributed by atoms with Gasteiger partial charge < -0.3 is 15.0 Å². The molecule has 8 nitrogen and oxygen atoms in total. The van der Waals surface area contributed by atoms with Crippen LogP contribution in [0.15, 0.2) is 83.3 Å². The standard InChI is InChI=1S/C29H34BrN3O5S/c1-4-18-31-29(35)27(19-22-8-6-5-7-9-22)32(20-23-10-12-24(30)13-11-23)28(34)21-33(39(3,36)37)25-14-16-26(38-2)17-15-25/h5-17,27H,4,18-21H2,1-3H3,(H,31,35)/t27-/m1/s1. The van der Waals surface area contributed by atoms with Crippen molar-refractivity contribution in [3.8, 4) is 5.75 Å². The molecule has 0 heterocycles. The van der Waals surface area contributed by atoms with Crippen LogP contribution in [0.25, 0.3) is 0 Å². The lowest BCUT2D eigenvalue weighted by atomic mass is 10.0. The number of hydrogen-bond donors (Lipinski definition) is 1. The van der Waals surface area contributed by atoms with Gasteiger partial charge >= 0.3 is 0 Å². The molecule has 2 amide bonds. The molecule has 0 aliphatic heterocycles. The van der Waals surface area contributed by atoms with Crippen LogP contribution in [0, 0.1) is 0 Å². The average molecular weight is 617 g/mol. The minimum absolute atomic E-state index is 0.128. The van der Waals surface area contributed by atoms with Crippen molar-refractivity contribution < 1.29 is 22.7 Å². The molecule has 0 aromatic heterocycles. The van der Waals surface area contributed by atoms with Crippen molar-refractivity contribution in [3.05, 3.63) is 94.5 Å². The summed E-state index contributed by atoms with van der Waals surface area (Å²) in [5.41, 5.74) is 2.02. The SMILES string of the molecule is CCCNC(=O)[C@@H](Cc1ccccc1)N(Cc1ccc(Br)cc1)C(=O)CN(c1ccc(OC)cc1)S(C)(=O)=O. The van der Waals surface area contributed by atoms with Gasteiger partial charge in [-0.3, -0.25) is 13.9 Å². The molecular formula is C29H34BrN3O5S. The summed E-state index contributed by atoms with van der Waals surface area (Å²) in [6, 6.07) is 22.5. The highest BCUT2D eigenvalue weighted by Gasteiger charge is 2.32. The first-order valence-corrected chi connectivity index (χ1v) is 15.2. The summed E-state index contributed by atoms with van der Waals surface area (Å²) in [6.07, 6.45) is 2.07. The highest BCUT2D eigenvalue weighted by molar-refractivity contribution is 9.10. The molecule has 0 aliphatic carbocycles. The Morgan fingerprint density at radius 3 is 2.15 bits per heavy atom. The molecule has 3 aromatic carbocycles. The summed E-state index contributed by atoms with van der Waals surface area (Å²) < 4.78 is 32.7. The number of carbonyl (C=O) groups excluding carboxylic acids is 2. The van der Waals surface area contributed by atoms with E-state index in [9.17, 15) is 18.0 Å². The number of hydrogen-bond acceptors (Lipinski definition) is 5. The fraction of sp³-hybridized carbons (Fsp3) is 0.310. The Morgan fingerprint density at radius 2 is 1.59 bits per heavy atom. The van der Waals surface area contributed by atoms with Gasteiger partial charge in [0.25, 0.3) is 0 Å². The number of rotatable bonds is 13. The van der Waals surface area contributed by atoms with E-state index in [1.807, 2.05) is 61.5 Å². The number of halogens is 1. The first-order chi connectivity index (χ1) is 18.6. The van der Waals surface area contributed by atoms with Crippen molar-refractivity contribution in [2.75, 3.05) is 30.8 Å². The quantitative estimate of drug-likeness (QED) is 0.308. The number of benzene rings is 3. The number of carbonyl (C=O) groups is 2. The van der Waals surface area contributed by atoms with E-state index in [0.29, 0.717) is 18.0 Å². The molecule has 0 radical (unpaired) electrons. The first-order valence-electron chi connectivity index (χ1n) is 12.6. The van der Waals surface area contributed by atoms with Gasteiger partial charge in [-0.15, -0.1) is 0 Å². The van der Waals surface area contributed by atoms with Gasteiger partial charge in [-0.05, 0) is 53.9 Å². The average Bonchev–Trinajstić information content (AvgIpc) is 2.93. The summed E-state index contributed by atoms with van der Waals surface area (Å²) in [5.74, 6) is -0.223. The van der Waals surface area contributed by atoms with E-state index >= 15 is 0 Å². The van der Waals surface area contributed by atoms with Gasteiger partial charge in [-0.2, -0.15) is 0 Å². The van der Waals surface area contributed by atoms with E-state index in [2.05, 4.69) is 21.2 Å². The normalized spacial score (nSPS) is 11.9. The second-order valence-corrected chi connectivity index (χ2v) is 11.9. The summed E-state index contributed by atoms with van der Waals surface area (Å²) in [6.45, 7) is 2.08. The fourth-order valence-corrected chi connectivity index (χ4v) is 5.18. The summed E-state index contributed by atoms with van der Waals surface area (Å²) in [5, 5.41) is 2.92. The van der Waals surface area contributed by atoms with Crippen LogP contribution in [-0.4, -0.2) is 57.6 Å². The predicted molar refractivity (Wildman–Crippen MR) is 157 cm³/mol. The Kier molecular flexibility index (Phi) is 10.9. The largest absolute Gasteiger partial charge is 0.497 e. The Hall–Kier alpha value is -3.37. The first kappa shape index (κ1) is 30.2. The van der Waals surface area contributed by atoms with E-state index in [1.54, 1.807) is 24.3 Å². The third kappa shape index (κ3) is 8.83. The molecule has 208 valence electrons. The Morgan fingerprint density at radius 1 is 0.949 bits per heavy atom. The molecular weight excluding hydrogens is 582 g/mol. The number of sulfonamides is 1. The van der Waals surface area contributed by atoms with Gasteiger partial charge in [0.2, 0.25) is 21.8 Å². The third-order valence-corrected chi connectivity index (χ3v) is 7.80. The molecule has 3 rings (SSSR count). The van der Waals surface area contributed by atoms with Crippen LogP contribution < -0.4 is 14.4 Å². The maximum Gasteiger partial charge on any atom is 0.244 e. The maximum absolute atomic E-state index is 14.0. The molecule has 10 heteroatoms. The molecule has 3 aromatic rings. The zero-order valence-corrected chi connectivity index (χ0v) is 24.7. The Bertz CT molecular complexity index is 1330. The molecule has 0 saturated heterocycles. The number of nitrogens with one attached hydrogen (secondary N) is 1. The van der Waals surface area contributed by atoms with E-state index in [1.165, 1.54) is 12.0 Å². The molecule has 0 bridgehead atoms. The monoisotopic (exact) mass is 615 g/mol. The predicted octanol–water partition coefficient (Wildman–Crippen LogP) is 4.39. The van der Waals surface area contributed by atoms with Crippen molar-refractivity contribution in [1.82, 2.24) is 10.2 Å². The summed E-state index contributed by atoms with van der Waals surface area (Å²) in [4.78, 5) is 28.9. The van der Waals surface area contributed by atoms with Crippen LogP contribution >= 0.6 is 15.9 Å². The van der Waals surface area contributed by atoms with Gasteiger partial charge in [0.05, 0.1) is 19.1 Å². The van der Waals surface area contributed by atoms with Crippen LogP contribution in [0.4, 0.5) is 5.69 Å². The van der Waals surface area contributed by atoms with E-state index in [4.69, 9.17) is 4.74 Å². The van der Waals surface area contributed by atoms with E-state index < -0.39 is 28.5 Å². The van der Waals surface area contributed by atoms with Crippen molar-refractivity contribution in [3.63, 3.8) is 0 Å². The van der Waals surface area contributed by atoms with E-state index in [0.717, 1.165) is 32.6 Å². The zero-order valence-electron chi connectivity index (χ0n) is 22.3. The number of ether oxygens (including phenoxy) is 1. The van der Waals surface area contributed by atoms with Gasteiger partial charge in [-0.1, -0.05) is 65.3 Å². The second kappa shape index (κ2) is 14.1. The molecule has 0 aliphatic rings. The lowest BCUT2D eigenvalue weighted by molar-refractivity contribution is -0.140. The second-order valence-electron chi connectivity index (χ2n) is 9.11. The van der Waals surface area contributed by atoms with Crippen molar-refractivity contribution in [1.29, 1.82) is 0 Å². The molecule has 1 atom stereocenters. The Balaban J connectivity index is 2.02. The number of nitrogens with zero attached hydrogens (tertiary/aromatic N) is 2. The van der Waals surface area contributed by atoms with Gasteiger partial charge in [0.1, 0.15) is 18.3 Å². The fourth-order valence-electron chi connectivity index (χ4n) is 4.07. The third-order valence-electron chi connectivity index (χ3n) is 6.13. The molecule has 1 N–H and O–H groups in total. The lowest BCUT2D eigenvalue weighted by Crippen LogP contribution is -2.53. The smallest absolute Gasteiger partial charge is 0.244 e. The van der Waals surface area contributed by atoms with Crippen molar-refractivity contribution in [2.24, 2.45) is 0 Å². The molecule has 0 saturated carbocycles. The number of anilines is 1. The molecule has 0 unspecified atom stereocenters. The molecule has 0 fully saturated rings. The van der Waals surface area contributed by atoms with Crippen molar-refractivity contribution in [2.45, 2.75) is 32.4 Å². The minimum Gasteiger partial charge on any atom is -0.497 e. The highest BCUT2D eigenvalue weighted by atomic mass is 79.9. The molecule has 0 spiro atoms. The molecule has 39 heavy (non-hydrogen) atoms. The highest BCUT2D eigenvalue weighted by Crippen LogP contribution is 2.23. The Labute approximate surface area is 239 Å². The topological polar surface area (TPSA) is 96.0 Å². The maximum atomic E-state index is 14.0. The zero-order chi connectivity index (χ0) is 28.4. The minimum atomic E-state index is -3.83. The van der Waals surface area contributed by atoms with Gasteiger partial charge in [-0.25, -0.2) is 8.42 Å². The van der Waals surface area contributed by atoms with Crippen LogP contribution in [0.2, 0.25) is 0 Å². The van der Waals surface area contributed by atoms with E-state index in [-0.39, 0.29) is 18.9 Å². The van der Waals surface area contributed by atoms with Crippen LogP contribution in [0.1, 0.15) is 24.5 Å². The summed E-state index contributed by atoms with van der Waals surface area (Å²) >= 11 is 3.43. The van der Waals surface area contributed by atoms with Crippen LogP contribution in [0.3, 0.4) is 0 Å². The van der Waals surface area contributed by atoms with Gasteiger partial charge in [0, 0.05) is 24.0 Å².